The molecule has 1 aromatic rings. The third-order valence-electron chi connectivity index (χ3n) is 3.49. The molecule has 1 atom stereocenters. The molecule has 0 amide bonds. The Bertz CT molecular complexity index is 414. The molecule has 1 N–H and O–H groups in total. The van der Waals surface area contributed by atoms with Gasteiger partial charge in [-0.2, -0.15) is 13.2 Å². The predicted molar refractivity (Wildman–Crippen MR) is 75.0 cm³/mol. The normalized spacial score (nSPS) is 13.9. The van der Waals surface area contributed by atoms with E-state index < -0.39 is 11.7 Å². The molecule has 5 heteroatoms. The molecule has 0 aliphatic heterocycles. The fourth-order valence-electron chi connectivity index (χ4n) is 2.36. The standard InChI is InChI=1S/C14H19BrF3N/c1-4-9(5-2)13(19-3)11-8-10(14(16,17)18)6-7-12(11)15/h6-9,13,19H,4-5H2,1-3H3. The monoisotopic (exact) mass is 337 g/mol. The lowest BCUT2D eigenvalue weighted by Gasteiger charge is -2.27. The molecule has 1 unspecified atom stereocenters. The smallest absolute Gasteiger partial charge is 0.313 e. The van der Waals surface area contributed by atoms with Crippen molar-refractivity contribution in [2.45, 2.75) is 38.9 Å². The lowest BCUT2D eigenvalue weighted by molar-refractivity contribution is -0.137. The van der Waals surface area contributed by atoms with Crippen molar-refractivity contribution in [3.05, 3.63) is 33.8 Å². The van der Waals surface area contributed by atoms with E-state index in [1.165, 1.54) is 12.1 Å². The van der Waals surface area contributed by atoms with Gasteiger partial charge in [0.2, 0.25) is 0 Å². The van der Waals surface area contributed by atoms with Gasteiger partial charge in [0.05, 0.1) is 5.56 Å². The molecule has 0 aliphatic carbocycles. The maximum Gasteiger partial charge on any atom is 0.416 e. The first-order valence-corrected chi connectivity index (χ1v) is 7.18. The number of hydrogen-bond donors (Lipinski definition) is 1. The Morgan fingerprint density at radius 1 is 1.21 bits per heavy atom. The quantitative estimate of drug-likeness (QED) is 0.781. The fraction of sp³-hybridized carbons (Fsp3) is 0.571. The summed E-state index contributed by atoms with van der Waals surface area (Å²) in [5, 5.41) is 3.14. The number of hydrogen-bond acceptors (Lipinski definition) is 1. The highest BCUT2D eigenvalue weighted by molar-refractivity contribution is 9.10. The van der Waals surface area contributed by atoms with Gasteiger partial charge >= 0.3 is 6.18 Å². The van der Waals surface area contributed by atoms with Crippen LogP contribution in [0.1, 0.15) is 43.9 Å². The first-order valence-electron chi connectivity index (χ1n) is 6.39. The Morgan fingerprint density at radius 2 is 1.79 bits per heavy atom. The minimum absolute atomic E-state index is 0.0772. The summed E-state index contributed by atoms with van der Waals surface area (Å²) in [6.45, 7) is 4.11. The summed E-state index contributed by atoms with van der Waals surface area (Å²) in [7, 11) is 1.79. The van der Waals surface area contributed by atoms with Crippen LogP contribution in [0, 0.1) is 5.92 Å². The molecule has 0 aromatic heterocycles. The van der Waals surface area contributed by atoms with Gasteiger partial charge in [0, 0.05) is 10.5 Å². The van der Waals surface area contributed by atoms with Gasteiger partial charge in [-0.3, -0.25) is 0 Å². The first-order chi connectivity index (χ1) is 8.85. The zero-order valence-electron chi connectivity index (χ0n) is 11.3. The highest BCUT2D eigenvalue weighted by Crippen LogP contribution is 2.37. The summed E-state index contributed by atoms with van der Waals surface area (Å²) >= 11 is 3.36. The van der Waals surface area contributed by atoms with Crippen LogP contribution in [-0.2, 0) is 6.18 Å². The summed E-state index contributed by atoms with van der Waals surface area (Å²) in [6, 6.07) is 3.74. The van der Waals surface area contributed by atoms with Gasteiger partial charge in [0.15, 0.2) is 0 Å². The highest BCUT2D eigenvalue weighted by Gasteiger charge is 2.32. The molecular weight excluding hydrogens is 319 g/mol. The number of halogens is 4. The van der Waals surface area contributed by atoms with Crippen molar-refractivity contribution in [1.29, 1.82) is 0 Å². The second-order valence-electron chi connectivity index (χ2n) is 4.58. The second kappa shape index (κ2) is 6.75. The molecule has 1 rings (SSSR count). The summed E-state index contributed by atoms with van der Waals surface area (Å²) in [5.74, 6) is 0.310. The van der Waals surface area contributed by atoms with Gasteiger partial charge in [-0.1, -0.05) is 42.6 Å². The summed E-state index contributed by atoms with van der Waals surface area (Å²) in [5.41, 5.74) is 0.0722. The van der Waals surface area contributed by atoms with E-state index in [4.69, 9.17) is 0 Å². The van der Waals surface area contributed by atoms with E-state index in [1.54, 1.807) is 7.05 Å². The van der Waals surface area contributed by atoms with Crippen LogP contribution in [0.2, 0.25) is 0 Å². The topological polar surface area (TPSA) is 12.0 Å². The first kappa shape index (κ1) is 16.5. The third kappa shape index (κ3) is 3.96. The van der Waals surface area contributed by atoms with E-state index in [9.17, 15) is 13.2 Å². The fourth-order valence-corrected chi connectivity index (χ4v) is 2.86. The van der Waals surface area contributed by atoms with Gasteiger partial charge in [-0.25, -0.2) is 0 Å². The minimum atomic E-state index is -4.30. The zero-order valence-corrected chi connectivity index (χ0v) is 12.9. The van der Waals surface area contributed by atoms with Crippen LogP contribution in [0.3, 0.4) is 0 Å². The molecular formula is C14H19BrF3N. The number of benzene rings is 1. The minimum Gasteiger partial charge on any atom is -0.313 e. The van der Waals surface area contributed by atoms with E-state index in [1.807, 2.05) is 0 Å². The number of nitrogens with one attached hydrogen (secondary N) is 1. The van der Waals surface area contributed by atoms with Crippen LogP contribution in [0.25, 0.3) is 0 Å². The highest BCUT2D eigenvalue weighted by atomic mass is 79.9. The Hall–Kier alpha value is -0.550. The SMILES string of the molecule is CCC(CC)C(NC)c1cc(C(F)(F)F)ccc1Br. The Morgan fingerprint density at radius 3 is 2.21 bits per heavy atom. The van der Waals surface area contributed by atoms with E-state index in [0.29, 0.717) is 16.0 Å². The Kier molecular flexibility index (Phi) is 5.86. The van der Waals surface area contributed by atoms with E-state index in [2.05, 4.69) is 35.1 Å². The van der Waals surface area contributed by atoms with Crippen LogP contribution in [-0.4, -0.2) is 7.05 Å². The van der Waals surface area contributed by atoms with Gasteiger partial charge in [-0.15, -0.1) is 0 Å². The zero-order chi connectivity index (χ0) is 14.6. The van der Waals surface area contributed by atoms with Crippen molar-refractivity contribution >= 4 is 15.9 Å². The Balaban J connectivity index is 3.23. The Labute approximate surface area is 120 Å². The van der Waals surface area contributed by atoms with Gasteiger partial charge in [-0.05, 0) is 36.7 Å². The lowest BCUT2D eigenvalue weighted by Crippen LogP contribution is -2.25. The molecule has 0 heterocycles. The molecule has 108 valence electrons. The molecule has 0 aliphatic rings. The third-order valence-corrected chi connectivity index (χ3v) is 4.21. The van der Waals surface area contributed by atoms with E-state index in [-0.39, 0.29) is 6.04 Å². The molecule has 1 nitrogen and oxygen atoms in total. The maximum absolute atomic E-state index is 12.8. The number of alkyl halides is 3. The summed E-state index contributed by atoms with van der Waals surface area (Å²) in [6.07, 6.45) is -2.46. The van der Waals surface area contributed by atoms with Crippen LogP contribution >= 0.6 is 15.9 Å². The van der Waals surface area contributed by atoms with Crippen molar-refractivity contribution < 1.29 is 13.2 Å². The van der Waals surface area contributed by atoms with E-state index in [0.717, 1.165) is 18.9 Å². The molecule has 0 spiro atoms. The van der Waals surface area contributed by atoms with Crippen molar-refractivity contribution in [2.75, 3.05) is 7.05 Å². The van der Waals surface area contributed by atoms with E-state index >= 15 is 0 Å². The molecule has 0 radical (unpaired) electrons. The number of rotatable bonds is 5. The summed E-state index contributed by atoms with van der Waals surface area (Å²) < 4.78 is 39.1. The largest absolute Gasteiger partial charge is 0.416 e. The maximum atomic E-state index is 12.8. The van der Waals surface area contributed by atoms with Crippen molar-refractivity contribution in [1.82, 2.24) is 5.32 Å². The predicted octanol–water partition coefficient (Wildman–Crippen LogP) is 5.16. The van der Waals surface area contributed by atoms with Gasteiger partial charge < -0.3 is 5.32 Å². The molecule has 19 heavy (non-hydrogen) atoms. The average Bonchev–Trinajstić information content (AvgIpc) is 2.35. The van der Waals surface area contributed by atoms with Crippen LogP contribution in [0.4, 0.5) is 13.2 Å². The van der Waals surface area contributed by atoms with Crippen LogP contribution in [0.15, 0.2) is 22.7 Å². The molecule has 0 saturated carbocycles. The van der Waals surface area contributed by atoms with Gasteiger partial charge in [0.1, 0.15) is 0 Å². The summed E-state index contributed by atoms with van der Waals surface area (Å²) in [4.78, 5) is 0. The van der Waals surface area contributed by atoms with Crippen LogP contribution < -0.4 is 5.32 Å². The van der Waals surface area contributed by atoms with Crippen LogP contribution in [0.5, 0.6) is 0 Å². The second-order valence-corrected chi connectivity index (χ2v) is 5.43. The lowest BCUT2D eigenvalue weighted by atomic mass is 9.88. The molecule has 0 fully saturated rings. The van der Waals surface area contributed by atoms with Crippen molar-refractivity contribution in [3.8, 4) is 0 Å². The average molecular weight is 338 g/mol. The van der Waals surface area contributed by atoms with Gasteiger partial charge in [0.25, 0.3) is 0 Å². The molecule has 0 saturated heterocycles. The van der Waals surface area contributed by atoms with Crippen molar-refractivity contribution in [3.63, 3.8) is 0 Å². The van der Waals surface area contributed by atoms with Crippen molar-refractivity contribution in [2.24, 2.45) is 5.92 Å². The molecule has 1 aromatic carbocycles. The molecule has 0 bridgehead atoms.